The Bertz CT molecular complexity index is 545. The number of aromatic nitrogens is 2. The van der Waals surface area contributed by atoms with E-state index in [1.807, 2.05) is 0 Å². The third kappa shape index (κ3) is 3.09. The SMILES string of the molecule is C#CCCNC(=O)N[C@@H]1CCN(c2ccn(C)n2)C1=O. The first-order valence-corrected chi connectivity index (χ1v) is 6.40. The highest BCUT2D eigenvalue weighted by Gasteiger charge is 2.34. The van der Waals surface area contributed by atoms with Gasteiger partial charge in [0.15, 0.2) is 5.82 Å². The van der Waals surface area contributed by atoms with Gasteiger partial charge in [-0.1, -0.05) is 0 Å². The summed E-state index contributed by atoms with van der Waals surface area (Å²) < 4.78 is 1.63. The molecule has 0 radical (unpaired) electrons. The average molecular weight is 275 g/mol. The van der Waals surface area contributed by atoms with E-state index in [9.17, 15) is 9.59 Å². The van der Waals surface area contributed by atoms with E-state index in [0.29, 0.717) is 31.7 Å². The van der Waals surface area contributed by atoms with Gasteiger partial charge in [-0.3, -0.25) is 14.4 Å². The number of nitrogens with one attached hydrogen (secondary N) is 2. The lowest BCUT2D eigenvalue weighted by molar-refractivity contribution is -0.118. The molecule has 3 amide bonds. The van der Waals surface area contributed by atoms with Gasteiger partial charge in [0.1, 0.15) is 6.04 Å². The summed E-state index contributed by atoms with van der Waals surface area (Å²) >= 11 is 0. The smallest absolute Gasteiger partial charge is 0.315 e. The van der Waals surface area contributed by atoms with Crippen LogP contribution in [0.1, 0.15) is 12.8 Å². The molecule has 1 fully saturated rings. The minimum atomic E-state index is -0.511. The molecule has 0 saturated carbocycles. The van der Waals surface area contributed by atoms with Crippen LogP contribution in [0.25, 0.3) is 0 Å². The van der Waals surface area contributed by atoms with Crippen molar-refractivity contribution in [1.82, 2.24) is 20.4 Å². The summed E-state index contributed by atoms with van der Waals surface area (Å²) in [4.78, 5) is 25.3. The van der Waals surface area contributed by atoms with E-state index in [-0.39, 0.29) is 11.9 Å². The quantitative estimate of drug-likeness (QED) is 0.592. The summed E-state index contributed by atoms with van der Waals surface area (Å²) in [5.74, 6) is 2.89. The monoisotopic (exact) mass is 275 g/mol. The van der Waals surface area contributed by atoms with Crippen LogP contribution in [0.2, 0.25) is 0 Å². The van der Waals surface area contributed by atoms with Gasteiger partial charge >= 0.3 is 6.03 Å². The van der Waals surface area contributed by atoms with E-state index in [4.69, 9.17) is 6.42 Å². The van der Waals surface area contributed by atoms with Gasteiger partial charge in [0.05, 0.1) is 0 Å². The molecule has 0 aromatic carbocycles. The van der Waals surface area contributed by atoms with Gasteiger partial charge in [-0.25, -0.2) is 4.79 Å². The Morgan fingerprint density at radius 1 is 1.65 bits per heavy atom. The van der Waals surface area contributed by atoms with Crippen LogP contribution in [0.3, 0.4) is 0 Å². The normalized spacial score (nSPS) is 17.9. The van der Waals surface area contributed by atoms with Crippen molar-refractivity contribution < 1.29 is 9.59 Å². The molecule has 2 rings (SSSR count). The number of carbonyl (C=O) groups is 2. The van der Waals surface area contributed by atoms with Crippen LogP contribution < -0.4 is 15.5 Å². The van der Waals surface area contributed by atoms with E-state index in [1.54, 1.807) is 28.9 Å². The summed E-state index contributed by atoms with van der Waals surface area (Å²) in [5, 5.41) is 9.45. The molecular weight excluding hydrogens is 258 g/mol. The molecule has 0 bridgehead atoms. The van der Waals surface area contributed by atoms with Crippen molar-refractivity contribution in [2.24, 2.45) is 7.05 Å². The highest BCUT2D eigenvalue weighted by atomic mass is 16.2. The number of urea groups is 1. The lowest BCUT2D eigenvalue weighted by atomic mass is 10.2. The van der Waals surface area contributed by atoms with Crippen LogP contribution in [0.15, 0.2) is 12.3 Å². The highest BCUT2D eigenvalue weighted by molar-refractivity contribution is 6.00. The number of amides is 3. The maximum atomic E-state index is 12.2. The zero-order valence-electron chi connectivity index (χ0n) is 11.3. The molecule has 7 heteroatoms. The minimum Gasteiger partial charge on any atom is -0.337 e. The summed E-state index contributed by atoms with van der Waals surface area (Å²) in [5.41, 5.74) is 0. The largest absolute Gasteiger partial charge is 0.337 e. The van der Waals surface area contributed by atoms with Gasteiger partial charge in [0.25, 0.3) is 5.91 Å². The lowest BCUT2D eigenvalue weighted by Crippen LogP contribution is -2.46. The van der Waals surface area contributed by atoms with E-state index in [1.165, 1.54) is 0 Å². The Kier molecular flexibility index (Phi) is 4.25. The lowest BCUT2D eigenvalue weighted by Gasteiger charge is -2.14. The zero-order chi connectivity index (χ0) is 14.5. The molecule has 1 aliphatic heterocycles. The van der Waals surface area contributed by atoms with E-state index in [2.05, 4.69) is 21.7 Å². The number of nitrogens with zero attached hydrogens (tertiary/aromatic N) is 3. The molecular formula is C13H17N5O2. The number of terminal acetylenes is 1. The average Bonchev–Trinajstić information content (AvgIpc) is 2.98. The second-order valence-corrected chi connectivity index (χ2v) is 4.53. The van der Waals surface area contributed by atoms with Crippen LogP contribution in [0.5, 0.6) is 0 Å². The first-order valence-electron chi connectivity index (χ1n) is 6.40. The van der Waals surface area contributed by atoms with Gasteiger partial charge in [-0.15, -0.1) is 12.3 Å². The Morgan fingerprint density at radius 2 is 2.45 bits per heavy atom. The molecule has 1 aliphatic rings. The second-order valence-electron chi connectivity index (χ2n) is 4.53. The fourth-order valence-electron chi connectivity index (χ4n) is 2.05. The molecule has 0 spiro atoms. The van der Waals surface area contributed by atoms with Gasteiger partial charge in [0.2, 0.25) is 0 Å². The predicted octanol–water partition coefficient (Wildman–Crippen LogP) is -0.152. The van der Waals surface area contributed by atoms with Crippen LogP contribution in [0.4, 0.5) is 10.6 Å². The number of anilines is 1. The highest BCUT2D eigenvalue weighted by Crippen LogP contribution is 2.19. The van der Waals surface area contributed by atoms with Crippen LogP contribution in [0, 0.1) is 12.3 Å². The van der Waals surface area contributed by atoms with Crippen molar-refractivity contribution >= 4 is 17.8 Å². The van der Waals surface area contributed by atoms with E-state index in [0.717, 1.165) is 0 Å². The van der Waals surface area contributed by atoms with Crippen molar-refractivity contribution in [3.8, 4) is 12.3 Å². The molecule has 2 N–H and O–H groups in total. The fourth-order valence-corrected chi connectivity index (χ4v) is 2.05. The number of hydrogen-bond acceptors (Lipinski definition) is 3. The first kappa shape index (κ1) is 13.9. The number of rotatable bonds is 4. The standard InChI is InChI=1S/C13H17N5O2/c1-3-4-7-14-13(20)15-10-5-9-18(12(10)19)11-6-8-17(2)16-11/h1,6,8,10H,4-5,7,9H2,2H3,(H2,14,15,20)/t10-/m1/s1. The first-order chi connectivity index (χ1) is 9.61. The summed E-state index contributed by atoms with van der Waals surface area (Å²) in [6, 6.07) is 0.886. The number of hydrogen-bond donors (Lipinski definition) is 2. The molecule has 1 atom stereocenters. The Labute approximate surface area is 117 Å². The van der Waals surface area contributed by atoms with Gasteiger partial charge in [-0.2, -0.15) is 5.10 Å². The van der Waals surface area contributed by atoms with Gasteiger partial charge in [0, 0.05) is 38.8 Å². The van der Waals surface area contributed by atoms with Gasteiger partial charge < -0.3 is 10.6 Å². The van der Waals surface area contributed by atoms with Crippen LogP contribution >= 0.6 is 0 Å². The second kappa shape index (κ2) is 6.10. The van der Waals surface area contributed by atoms with E-state index >= 15 is 0 Å². The van der Waals surface area contributed by atoms with Crippen LogP contribution in [-0.4, -0.2) is 40.9 Å². The molecule has 106 valence electrons. The summed E-state index contributed by atoms with van der Waals surface area (Å²) in [6.45, 7) is 0.943. The third-order valence-corrected chi connectivity index (χ3v) is 3.04. The van der Waals surface area contributed by atoms with Gasteiger partial charge in [-0.05, 0) is 6.42 Å². The van der Waals surface area contributed by atoms with Crippen molar-refractivity contribution in [2.45, 2.75) is 18.9 Å². The van der Waals surface area contributed by atoms with Crippen molar-refractivity contribution in [1.29, 1.82) is 0 Å². The predicted molar refractivity (Wildman–Crippen MR) is 74.0 cm³/mol. The third-order valence-electron chi connectivity index (χ3n) is 3.04. The Balaban J connectivity index is 1.88. The minimum absolute atomic E-state index is 0.143. The number of carbonyl (C=O) groups excluding carboxylic acids is 2. The molecule has 0 aliphatic carbocycles. The van der Waals surface area contributed by atoms with Crippen molar-refractivity contribution in [3.05, 3.63) is 12.3 Å². The zero-order valence-corrected chi connectivity index (χ0v) is 11.3. The molecule has 0 unspecified atom stereocenters. The maximum Gasteiger partial charge on any atom is 0.315 e. The van der Waals surface area contributed by atoms with E-state index < -0.39 is 6.04 Å². The molecule has 2 heterocycles. The molecule has 1 aromatic rings. The molecule has 1 aromatic heterocycles. The fraction of sp³-hybridized carbons (Fsp3) is 0.462. The van der Waals surface area contributed by atoms with Crippen molar-refractivity contribution in [3.63, 3.8) is 0 Å². The Hall–Kier alpha value is -2.49. The molecule has 7 nitrogen and oxygen atoms in total. The Morgan fingerprint density at radius 3 is 3.10 bits per heavy atom. The molecule has 1 saturated heterocycles. The van der Waals surface area contributed by atoms with Crippen LogP contribution in [-0.2, 0) is 11.8 Å². The summed E-state index contributed by atoms with van der Waals surface area (Å²) in [7, 11) is 1.79. The number of aryl methyl sites for hydroxylation is 1. The molecule has 20 heavy (non-hydrogen) atoms. The topological polar surface area (TPSA) is 79.3 Å². The van der Waals surface area contributed by atoms with Crippen molar-refractivity contribution in [2.75, 3.05) is 18.0 Å². The summed E-state index contributed by atoms with van der Waals surface area (Å²) in [6.07, 6.45) is 7.90. The maximum absolute atomic E-state index is 12.2.